The lowest BCUT2D eigenvalue weighted by Gasteiger charge is -2.25. The molecule has 2 aromatic carbocycles. The number of ether oxygens (including phenoxy) is 1. The fourth-order valence-electron chi connectivity index (χ4n) is 2.43. The zero-order valence-electron chi connectivity index (χ0n) is 14.7. The van der Waals surface area contributed by atoms with Crippen molar-refractivity contribution >= 4 is 15.7 Å². The number of carbonyl (C=O) groups is 1. The van der Waals surface area contributed by atoms with E-state index in [2.05, 4.69) is 0 Å². The Kier molecular flexibility index (Phi) is 6.20. The van der Waals surface area contributed by atoms with E-state index in [4.69, 9.17) is 4.74 Å². The van der Waals surface area contributed by atoms with E-state index in [1.165, 1.54) is 12.1 Å². The molecule has 2 aromatic rings. The molecule has 5 nitrogen and oxygen atoms in total. The zero-order chi connectivity index (χ0) is 18.4. The van der Waals surface area contributed by atoms with Crippen molar-refractivity contribution in [2.75, 3.05) is 12.8 Å². The third-order valence-electron chi connectivity index (χ3n) is 3.82. The van der Waals surface area contributed by atoms with E-state index in [0.29, 0.717) is 18.8 Å². The molecular formula is C19H23NO4S. The molecule has 0 fully saturated rings. The van der Waals surface area contributed by atoms with Crippen LogP contribution in [0.4, 0.5) is 0 Å². The number of benzene rings is 2. The first-order chi connectivity index (χ1) is 11.8. The van der Waals surface area contributed by atoms with Crippen molar-refractivity contribution in [1.82, 2.24) is 4.90 Å². The molecule has 0 heterocycles. The highest BCUT2D eigenvalue weighted by molar-refractivity contribution is 7.90. The summed E-state index contributed by atoms with van der Waals surface area (Å²) in [7, 11) is -3.25. The number of likely N-dealkylation sites (N-methyl/N-ethyl adjacent to an activating group) is 1. The van der Waals surface area contributed by atoms with E-state index in [0.717, 1.165) is 11.8 Å². The van der Waals surface area contributed by atoms with Crippen LogP contribution in [0.25, 0.3) is 0 Å². The Bertz CT molecular complexity index is 801. The average molecular weight is 361 g/mol. The topological polar surface area (TPSA) is 63.7 Å². The van der Waals surface area contributed by atoms with E-state index in [-0.39, 0.29) is 10.8 Å². The Hall–Kier alpha value is -2.34. The van der Waals surface area contributed by atoms with Crippen LogP contribution in [0, 0.1) is 0 Å². The van der Waals surface area contributed by atoms with Gasteiger partial charge in [-0.1, -0.05) is 30.3 Å². The van der Waals surface area contributed by atoms with Crippen LogP contribution in [0.5, 0.6) is 5.75 Å². The minimum Gasteiger partial charge on any atom is -0.481 e. The van der Waals surface area contributed by atoms with E-state index in [1.54, 1.807) is 24.0 Å². The van der Waals surface area contributed by atoms with Crippen LogP contribution in [0.2, 0.25) is 0 Å². The Morgan fingerprint density at radius 2 is 1.68 bits per heavy atom. The number of nitrogens with zero attached hydrogens (tertiary/aromatic N) is 1. The van der Waals surface area contributed by atoms with E-state index >= 15 is 0 Å². The molecule has 0 aliphatic heterocycles. The SMILES string of the molecule is CCN(Cc1ccccc1)C(=O)C(C)Oc1ccc(S(C)(=O)=O)cc1. The average Bonchev–Trinajstić information content (AvgIpc) is 2.59. The van der Waals surface area contributed by atoms with Gasteiger partial charge in [0.1, 0.15) is 5.75 Å². The summed E-state index contributed by atoms with van der Waals surface area (Å²) in [5.41, 5.74) is 1.06. The molecule has 1 unspecified atom stereocenters. The van der Waals surface area contributed by atoms with Gasteiger partial charge in [0.2, 0.25) is 0 Å². The Balaban J connectivity index is 2.03. The fourth-order valence-corrected chi connectivity index (χ4v) is 3.06. The van der Waals surface area contributed by atoms with Crippen molar-refractivity contribution in [3.8, 4) is 5.75 Å². The molecule has 0 spiro atoms. The number of carbonyl (C=O) groups excluding carboxylic acids is 1. The summed E-state index contributed by atoms with van der Waals surface area (Å²) in [6.07, 6.45) is 0.491. The highest BCUT2D eigenvalue weighted by atomic mass is 32.2. The number of rotatable bonds is 7. The molecule has 0 aliphatic rings. The van der Waals surface area contributed by atoms with Crippen LogP contribution in [0.1, 0.15) is 19.4 Å². The summed E-state index contributed by atoms with van der Waals surface area (Å²) in [5, 5.41) is 0. The summed E-state index contributed by atoms with van der Waals surface area (Å²) in [5.74, 6) is 0.350. The first-order valence-electron chi connectivity index (χ1n) is 8.10. The molecule has 2 rings (SSSR count). The second kappa shape index (κ2) is 8.16. The first kappa shape index (κ1) is 19.0. The summed E-state index contributed by atoms with van der Waals surface area (Å²) >= 11 is 0. The van der Waals surface area contributed by atoms with Crippen LogP contribution in [-0.2, 0) is 21.2 Å². The van der Waals surface area contributed by atoms with Gasteiger partial charge in [-0.2, -0.15) is 0 Å². The van der Waals surface area contributed by atoms with Crippen LogP contribution in [0.15, 0.2) is 59.5 Å². The molecule has 0 saturated heterocycles. The van der Waals surface area contributed by atoms with Crippen LogP contribution < -0.4 is 4.74 Å². The summed E-state index contributed by atoms with van der Waals surface area (Å²) in [6, 6.07) is 15.9. The van der Waals surface area contributed by atoms with Crippen molar-refractivity contribution in [2.24, 2.45) is 0 Å². The van der Waals surface area contributed by atoms with Gasteiger partial charge in [-0.15, -0.1) is 0 Å². The molecule has 0 N–H and O–H groups in total. The second-order valence-corrected chi connectivity index (χ2v) is 7.86. The second-order valence-electron chi connectivity index (χ2n) is 5.84. The summed E-state index contributed by atoms with van der Waals surface area (Å²) in [6.45, 7) is 4.72. The van der Waals surface area contributed by atoms with Gasteiger partial charge in [0.05, 0.1) is 4.90 Å². The third kappa shape index (κ3) is 5.32. The highest BCUT2D eigenvalue weighted by Gasteiger charge is 2.21. The molecule has 0 aliphatic carbocycles. The predicted molar refractivity (Wildman–Crippen MR) is 97.2 cm³/mol. The molecule has 134 valence electrons. The number of hydrogen-bond acceptors (Lipinski definition) is 4. The van der Waals surface area contributed by atoms with Crippen molar-refractivity contribution in [3.63, 3.8) is 0 Å². The van der Waals surface area contributed by atoms with Gasteiger partial charge in [-0.3, -0.25) is 4.79 Å². The lowest BCUT2D eigenvalue weighted by molar-refractivity contribution is -0.138. The van der Waals surface area contributed by atoms with Crippen molar-refractivity contribution in [3.05, 3.63) is 60.2 Å². The van der Waals surface area contributed by atoms with Crippen LogP contribution >= 0.6 is 0 Å². The monoisotopic (exact) mass is 361 g/mol. The van der Waals surface area contributed by atoms with E-state index in [9.17, 15) is 13.2 Å². The zero-order valence-corrected chi connectivity index (χ0v) is 15.5. The largest absolute Gasteiger partial charge is 0.481 e. The minimum atomic E-state index is -3.25. The third-order valence-corrected chi connectivity index (χ3v) is 4.95. The lowest BCUT2D eigenvalue weighted by Crippen LogP contribution is -2.39. The molecule has 0 bridgehead atoms. The van der Waals surface area contributed by atoms with Gasteiger partial charge >= 0.3 is 0 Å². The van der Waals surface area contributed by atoms with Crippen molar-refractivity contribution < 1.29 is 17.9 Å². The maximum atomic E-state index is 12.6. The van der Waals surface area contributed by atoms with Gasteiger partial charge in [0, 0.05) is 19.3 Å². The Morgan fingerprint density at radius 1 is 1.08 bits per heavy atom. The maximum absolute atomic E-state index is 12.6. The van der Waals surface area contributed by atoms with E-state index in [1.807, 2.05) is 37.3 Å². The van der Waals surface area contributed by atoms with Gasteiger partial charge in [0.25, 0.3) is 5.91 Å². The van der Waals surface area contributed by atoms with Crippen molar-refractivity contribution in [1.29, 1.82) is 0 Å². The van der Waals surface area contributed by atoms with Gasteiger partial charge in [-0.05, 0) is 43.7 Å². The Morgan fingerprint density at radius 3 is 2.20 bits per heavy atom. The van der Waals surface area contributed by atoms with Gasteiger partial charge < -0.3 is 9.64 Å². The maximum Gasteiger partial charge on any atom is 0.263 e. The summed E-state index contributed by atoms with van der Waals surface area (Å²) in [4.78, 5) is 14.6. The van der Waals surface area contributed by atoms with Gasteiger partial charge in [0.15, 0.2) is 15.9 Å². The smallest absolute Gasteiger partial charge is 0.263 e. The molecule has 1 atom stereocenters. The molecular weight excluding hydrogens is 338 g/mol. The number of amides is 1. The predicted octanol–water partition coefficient (Wildman–Crippen LogP) is 2.91. The first-order valence-corrected chi connectivity index (χ1v) is 10.00. The molecule has 25 heavy (non-hydrogen) atoms. The molecule has 0 radical (unpaired) electrons. The normalized spacial score (nSPS) is 12.4. The van der Waals surface area contributed by atoms with Crippen molar-refractivity contribution in [2.45, 2.75) is 31.4 Å². The highest BCUT2D eigenvalue weighted by Crippen LogP contribution is 2.18. The fraction of sp³-hybridized carbons (Fsp3) is 0.316. The minimum absolute atomic E-state index is 0.112. The summed E-state index contributed by atoms with van der Waals surface area (Å²) < 4.78 is 28.6. The lowest BCUT2D eigenvalue weighted by atomic mass is 10.2. The Labute approximate surface area is 149 Å². The quantitative estimate of drug-likeness (QED) is 0.761. The molecule has 6 heteroatoms. The standard InChI is InChI=1S/C19H23NO4S/c1-4-20(14-16-8-6-5-7-9-16)19(21)15(2)24-17-10-12-18(13-11-17)25(3,22)23/h5-13,15H,4,14H2,1-3H3. The molecule has 0 aromatic heterocycles. The number of hydrogen-bond donors (Lipinski definition) is 0. The number of sulfone groups is 1. The van der Waals surface area contributed by atoms with Crippen LogP contribution in [0.3, 0.4) is 0 Å². The van der Waals surface area contributed by atoms with Crippen LogP contribution in [-0.4, -0.2) is 38.1 Å². The molecule has 1 amide bonds. The molecule has 0 saturated carbocycles. The van der Waals surface area contributed by atoms with E-state index < -0.39 is 15.9 Å². The van der Waals surface area contributed by atoms with Gasteiger partial charge in [-0.25, -0.2) is 8.42 Å².